The quantitative estimate of drug-likeness (QED) is 0.613. The molecule has 2 heterocycles. The number of hydrogen-bond acceptors (Lipinski definition) is 6. The zero-order valence-electron chi connectivity index (χ0n) is 14.2. The van der Waals surface area contributed by atoms with Gasteiger partial charge in [-0.25, -0.2) is 4.98 Å². The Morgan fingerprint density at radius 3 is 3.00 bits per heavy atom. The van der Waals surface area contributed by atoms with Crippen LogP contribution in [0.1, 0.15) is 29.7 Å². The lowest BCUT2D eigenvalue weighted by molar-refractivity contribution is -0.118. The highest BCUT2D eigenvalue weighted by molar-refractivity contribution is 7.99. The van der Waals surface area contributed by atoms with Gasteiger partial charge in [0, 0.05) is 12.1 Å². The van der Waals surface area contributed by atoms with Gasteiger partial charge >= 0.3 is 0 Å². The molecule has 1 amide bonds. The summed E-state index contributed by atoms with van der Waals surface area (Å²) < 4.78 is 10.6. The first-order valence-electron chi connectivity index (χ1n) is 8.59. The van der Waals surface area contributed by atoms with Crippen LogP contribution in [0.3, 0.4) is 0 Å². The first-order valence-corrected chi connectivity index (χ1v) is 9.58. The lowest BCUT2D eigenvalue weighted by atomic mass is 9.97. The Hall–Kier alpha value is -2.48. The maximum Gasteiger partial charge on any atom is 0.254 e. The number of nitrogens with one attached hydrogen (secondary N) is 2. The van der Waals surface area contributed by atoms with Crippen molar-refractivity contribution >= 4 is 17.7 Å². The van der Waals surface area contributed by atoms with Crippen LogP contribution >= 0.6 is 11.8 Å². The van der Waals surface area contributed by atoms with Crippen molar-refractivity contribution in [3.63, 3.8) is 0 Å². The molecule has 0 bridgehead atoms. The highest BCUT2D eigenvalue weighted by atomic mass is 32.2. The van der Waals surface area contributed by atoms with Crippen LogP contribution in [0.5, 0.6) is 11.5 Å². The van der Waals surface area contributed by atoms with E-state index in [1.165, 1.54) is 11.8 Å². The Morgan fingerprint density at radius 1 is 1.23 bits per heavy atom. The fraction of sp³-hybridized carbons (Fsp3) is 0.389. The number of benzene rings is 1. The third-order valence-corrected chi connectivity index (χ3v) is 5.31. The van der Waals surface area contributed by atoms with Gasteiger partial charge < -0.3 is 19.8 Å². The third-order valence-electron chi connectivity index (χ3n) is 4.44. The van der Waals surface area contributed by atoms with E-state index in [1.54, 1.807) is 0 Å². The second kappa shape index (κ2) is 7.41. The number of H-pyrrole nitrogens is 1. The van der Waals surface area contributed by atoms with Crippen molar-refractivity contribution in [2.24, 2.45) is 0 Å². The summed E-state index contributed by atoms with van der Waals surface area (Å²) in [5.74, 6) is 1.50. The number of carbonyl (C=O) groups is 1. The molecule has 0 fully saturated rings. The van der Waals surface area contributed by atoms with E-state index in [0.29, 0.717) is 17.5 Å². The standard InChI is InChI=1S/C18H19N3O4S/c22-16(19-8-11-5-6-14-15(7-11)25-10-24-14)9-26-18-20-13-4-2-1-3-12(13)17(23)21-18/h5-7H,1-4,8-10H2,(H,19,22)(H,20,21,23). The van der Waals surface area contributed by atoms with Crippen molar-refractivity contribution in [2.45, 2.75) is 37.4 Å². The van der Waals surface area contributed by atoms with Gasteiger partial charge in [0.25, 0.3) is 5.56 Å². The molecule has 136 valence electrons. The number of fused-ring (bicyclic) bond motifs is 2. The van der Waals surface area contributed by atoms with E-state index in [-0.39, 0.29) is 24.0 Å². The van der Waals surface area contributed by atoms with Crippen molar-refractivity contribution in [2.75, 3.05) is 12.5 Å². The predicted molar refractivity (Wildman–Crippen MR) is 96.6 cm³/mol. The molecular formula is C18H19N3O4S. The lowest BCUT2D eigenvalue weighted by Gasteiger charge is -2.14. The minimum atomic E-state index is -0.118. The molecule has 0 spiro atoms. The van der Waals surface area contributed by atoms with Gasteiger partial charge in [-0.3, -0.25) is 9.59 Å². The fourth-order valence-electron chi connectivity index (χ4n) is 3.09. The van der Waals surface area contributed by atoms with Crippen molar-refractivity contribution in [1.29, 1.82) is 0 Å². The molecule has 1 aliphatic heterocycles. The summed E-state index contributed by atoms with van der Waals surface area (Å²) in [5, 5.41) is 3.37. The summed E-state index contributed by atoms with van der Waals surface area (Å²) >= 11 is 1.25. The predicted octanol–water partition coefficient (Wildman–Crippen LogP) is 1.79. The molecule has 2 aliphatic rings. The number of ether oxygens (including phenoxy) is 2. The maximum atomic E-state index is 12.1. The third kappa shape index (κ3) is 3.70. The number of aromatic nitrogens is 2. The van der Waals surface area contributed by atoms with Crippen molar-refractivity contribution < 1.29 is 14.3 Å². The molecule has 2 aromatic rings. The highest BCUT2D eigenvalue weighted by Crippen LogP contribution is 2.32. The van der Waals surface area contributed by atoms with Gasteiger partial charge in [0.2, 0.25) is 12.7 Å². The summed E-state index contributed by atoms with van der Waals surface area (Å²) in [5.41, 5.74) is 2.54. The number of amides is 1. The highest BCUT2D eigenvalue weighted by Gasteiger charge is 2.16. The minimum absolute atomic E-state index is 0.0713. The molecule has 0 saturated carbocycles. The smallest absolute Gasteiger partial charge is 0.254 e. The molecular weight excluding hydrogens is 354 g/mol. The molecule has 4 rings (SSSR count). The van der Waals surface area contributed by atoms with Crippen LogP contribution in [-0.2, 0) is 24.2 Å². The monoisotopic (exact) mass is 373 g/mol. The van der Waals surface area contributed by atoms with E-state index < -0.39 is 0 Å². The largest absolute Gasteiger partial charge is 0.454 e. The van der Waals surface area contributed by atoms with E-state index in [1.807, 2.05) is 18.2 Å². The number of carbonyl (C=O) groups excluding carboxylic acids is 1. The zero-order valence-corrected chi connectivity index (χ0v) is 15.0. The summed E-state index contributed by atoms with van der Waals surface area (Å²) in [7, 11) is 0. The van der Waals surface area contributed by atoms with Gasteiger partial charge in [0.15, 0.2) is 16.7 Å². The van der Waals surface area contributed by atoms with Crippen LogP contribution in [0.4, 0.5) is 0 Å². The van der Waals surface area contributed by atoms with E-state index >= 15 is 0 Å². The Bertz CT molecular complexity index is 896. The average molecular weight is 373 g/mol. The van der Waals surface area contributed by atoms with Crippen LogP contribution < -0.4 is 20.3 Å². The Balaban J connectivity index is 1.31. The molecule has 8 heteroatoms. The van der Waals surface area contributed by atoms with Crippen molar-refractivity contribution in [1.82, 2.24) is 15.3 Å². The minimum Gasteiger partial charge on any atom is -0.454 e. The van der Waals surface area contributed by atoms with Crippen LogP contribution in [-0.4, -0.2) is 28.4 Å². The number of hydrogen-bond donors (Lipinski definition) is 2. The van der Waals surface area contributed by atoms with Crippen LogP contribution in [0, 0.1) is 0 Å². The van der Waals surface area contributed by atoms with Gasteiger partial charge in [0.05, 0.1) is 11.4 Å². The van der Waals surface area contributed by atoms with Crippen LogP contribution in [0.25, 0.3) is 0 Å². The van der Waals surface area contributed by atoms with E-state index in [9.17, 15) is 9.59 Å². The van der Waals surface area contributed by atoms with Gasteiger partial charge in [0.1, 0.15) is 0 Å². The first kappa shape index (κ1) is 17.0. The molecule has 1 aromatic heterocycles. The Labute approximate surface area is 154 Å². The number of nitrogens with zero attached hydrogens (tertiary/aromatic N) is 1. The summed E-state index contributed by atoms with van der Waals surface area (Å²) in [6.45, 7) is 0.637. The molecule has 1 aliphatic carbocycles. The van der Waals surface area contributed by atoms with E-state index in [4.69, 9.17) is 9.47 Å². The first-order chi connectivity index (χ1) is 12.7. The molecule has 0 radical (unpaired) electrons. The SMILES string of the molecule is O=C(CSc1nc2c(c(=O)[nH]1)CCCC2)NCc1ccc2c(c1)OCO2. The molecule has 26 heavy (non-hydrogen) atoms. The van der Waals surface area contributed by atoms with Crippen LogP contribution in [0.15, 0.2) is 28.2 Å². The molecule has 1 aromatic carbocycles. The second-order valence-corrected chi connectivity index (χ2v) is 7.22. The fourth-order valence-corrected chi connectivity index (χ4v) is 3.79. The van der Waals surface area contributed by atoms with Crippen LogP contribution in [0.2, 0.25) is 0 Å². The Morgan fingerprint density at radius 2 is 2.08 bits per heavy atom. The van der Waals surface area contributed by atoms with E-state index in [2.05, 4.69) is 15.3 Å². The Kier molecular flexibility index (Phi) is 4.83. The van der Waals surface area contributed by atoms with Gasteiger partial charge in [-0.1, -0.05) is 17.8 Å². The molecule has 2 N–H and O–H groups in total. The molecule has 0 saturated heterocycles. The molecule has 0 atom stereocenters. The van der Waals surface area contributed by atoms with Gasteiger partial charge in [-0.2, -0.15) is 0 Å². The topological polar surface area (TPSA) is 93.3 Å². The molecule has 0 unspecified atom stereocenters. The maximum absolute atomic E-state index is 12.1. The summed E-state index contributed by atoms with van der Waals surface area (Å²) in [6.07, 6.45) is 3.72. The van der Waals surface area contributed by atoms with Crippen molar-refractivity contribution in [3.8, 4) is 11.5 Å². The summed E-state index contributed by atoms with van der Waals surface area (Å²) in [4.78, 5) is 31.5. The normalized spacial score (nSPS) is 14.8. The second-order valence-electron chi connectivity index (χ2n) is 6.26. The van der Waals surface area contributed by atoms with Gasteiger partial charge in [-0.05, 0) is 43.4 Å². The number of rotatable bonds is 5. The lowest BCUT2D eigenvalue weighted by Crippen LogP contribution is -2.25. The zero-order chi connectivity index (χ0) is 17.9. The van der Waals surface area contributed by atoms with Gasteiger partial charge in [-0.15, -0.1) is 0 Å². The average Bonchev–Trinajstić information content (AvgIpc) is 3.12. The number of aryl methyl sites for hydroxylation is 1. The molecule has 7 nitrogen and oxygen atoms in total. The number of aromatic amines is 1. The van der Waals surface area contributed by atoms with E-state index in [0.717, 1.165) is 48.3 Å². The summed E-state index contributed by atoms with van der Waals surface area (Å²) in [6, 6.07) is 5.59. The number of thioether (sulfide) groups is 1. The van der Waals surface area contributed by atoms with Crippen molar-refractivity contribution in [3.05, 3.63) is 45.4 Å².